The summed E-state index contributed by atoms with van der Waals surface area (Å²) in [6.45, 7) is 2.04. The molecule has 0 aromatic heterocycles. The van der Waals surface area contributed by atoms with Crippen molar-refractivity contribution >= 4 is 29.0 Å². The van der Waals surface area contributed by atoms with Crippen LogP contribution in [0.1, 0.15) is 32.6 Å². The van der Waals surface area contributed by atoms with Crippen LogP contribution in [-0.4, -0.2) is 10.1 Å². The second-order valence-electron chi connectivity index (χ2n) is 4.15. The molecule has 0 radical (unpaired) electrons. The third-order valence-electron chi connectivity index (χ3n) is 3.55. The highest BCUT2D eigenvalue weighted by molar-refractivity contribution is 6.61. The van der Waals surface area contributed by atoms with E-state index in [1.54, 1.807) is 0 Å². The van der Waals surface area contributed by atoms with Gasteiger partial charge in [0.1, 0.15) is 0 Å². The van der Waals surface area contributed by atoms with Crippen molar-refractivity contribution in [3.8, 4) is 0 Å². The fourth-order valence-corrected chi connectivity index (χ4v) is 3.27. The van der Waals surface area contributed by atoms with Gasteiger partial charge in [-0.2, -0.15) is 0 Å². The molecule has 68 valence electrons. The summed E-state index contributed by atoms with van der Waals surface area (Å²) in [6.07, 6.45) is 4.28. The number of ketones is 1. The molecule has 0 aromatic carbocycles. The molecule has 3 heteroatoms. The van der Waals surface area contributed by atoms with Gasteiger partial charge in [0, 0.05) is 11.3 Å². The van der Waals surface area contributed by atoms with Crippen LogP contribution < -0.4 is 0 Å². The fourth-order valence-electron chi connectivity index (χ4n) is 2.55. The minimum atomic E-state index is -1.09. The summed E-state index contributed by atoms with van der Waals surface area (Å²) >= 11 is 12.0. The van der Waals surface area contributed by atoms with Gasteiger partial charge in [0.05, 0.1) is 0 Å². The number of hydrogen-bond acceptors (Lipinski definition) is 1. The summed E-state index contributed by atoms with van der Waals surface area (Å²) in [4.78, 5) is 11.5. The van der Waals surface area contributed by atoms with Gasteiger partial charge in [-0.3, -0.25) is 4.79 Å². The minimum Gasteiger partial charge on any atom is -0.296 e. The Labute approximate surface area is 82.4 Å². The van der Waals surface area contributed by atoms with E-state index < -0.39 is 4.33 Å². The van der Waals surface area contributed by atoms with Crippen LogP contribution in [0.15, 0.2) is 0 Å². The number of carbonyl (C=O) groups excluding carboxylic acids is 1. The van der Waals surface area contributed by atoms with E-state index in [1.165, 1.54) is 0 Å². The lowest BCUT2D eigenvalue weighted by Crippen LogP contribution is -2.65. The Balaban J connectivity index is 2.29. The molecule has 2 fully saturated rings. The van der Waals surface area contributed by atoms with E-state index in [1.807, 2.05) is 6.92 Å². The predicted octanol–water partition coefficient (Wildman–Crippen LogP) is 2.94. The molecule has 0 saturated heterocycles. The molecular weight excluding hydrogens is 195 g/mol. The fraction of sp³-hybridized carbons (Fsp3) is 0.889. The van der Waals surface area contributed by atoms with Gasteiger partial charge in [-0.05, 0) is 12.8 Å². The maximum absolute atomic E-state index is 11.5. The standard InChI is InChI=1S/C9H12Cl2O/c1-8-5-3-2-4-6(8)7(12)9(8,10)11/h6H,2-5H2,1H3/t6?,8-/m0/s1. The van der Waals surface area contributed by atoms with Gasteiger partial charge in [-0.1, -0.05) is 43.0 Å². The van der Waals surface area contributed by atoms with E-state index in [9.17, 15) is 4.79 Å². The van der Waals surface area contributed by atoms with Gasteiger partial charge >= 0.3 is 0 Å². The minimum absolute atomic E-state index is 0.0491. The zero-order chi connectivity index (χ0) is 8.98. The SMILES string of the molecule is C[C@]12CCCCC1C(=O)C2(Cl)Cl. The molecule has 0 heterocycles. The summed E-state index contributed by atoms with van der Waals surface area (Å²) in [7, 11) is 0. The smallest absolute Gasteiger partial charge is 0.182 e. The average Bonchev–Trinajstić information content (AvgIpc) is 2.04. The molecular formula is C9H12Cl2O. The number of Topliss-reactive ketones (excluding diaryl/α,β-unsaturated/α-hetero) is 1. The average molecular weight is 207 g/mol. The first-order valence-electron chi connectivity index (χ1n) is 4.42. The number of rotatable bonds is 0. The summed E-state index contributed by atoms with van der Waals surface area (Å²) in [6, 6.07) is 0. The van der Waals surface area contributed by atoms with Gasteiger partial charge in [0.15, 0.2) is 10.1 Å². The van der Waals surface area contributed by atoms with Crippen LogP contribution in [-0.2, 0) is 4.79 Å². The van der Waals surface area contributed by atoms with Gasteiger partial charge in [-0.15, -0.1) is 0 Å². The second kappa shape index (κ2) is 2.39. The van der Waals surface area contributed by atoms with Crippen molar-refractivity contribution < 1.29 is 4.79 Å². The van der Waals surface area contributed by atoms with Crippen LogP contribution >= 0.6 is 23.2 Å². The maximum atomic E-state index is 11.5. The number of hydrogen-bond donors (Lipinski definition) is 0. The quantitative estimate of drug-likeness (QED) is 0.558. The molecule has 0 amide bonds. The van der Waals surface area contributed by atoms with Crippen molar-refractivity contribution in [1.29, 1.82) is 0 Å². The Kier molecular flexibility index (Phi) is 1.76. The molecule has 2 rings (SSSR count). The van der Waals surface area contributed by atoms with Gasteiger partial charge in [0.25, 0.3) is 0 Å². The zero-order valence-corrected chi connectivity index (χ0v) is 8.58. The molecule has 12 heavy (non-hydrogen) atoms. The number of carbonyl (C=O) groups is 1. The molecule has 0 N–H and O–H groups in total. The Morgan fingerprint density at radius 2 is 2.08 bits per heavy atom. The number of alkyl halides is 2. The largest absolute Gasteiger partial charge is 0.296 e. The molecule has 1 nitrogen and oxygen atoms in total. The normalized spacial score (nSPS) is 44.9. The Morgan fingerprint density at radius 1 is 1.42 bits per heavy atom. The maximum Gasteiger partial charge on any atom is 0.182 e. The van der Waals surface area contributed by atoms with Crippen molar-refractivity contribution in [2.75, 3.05) is 0 Å². The lowest BCUT2D eigenvalue weighted by molar-refractivity contribution is -0.147. The van der Waals surface area contributed by atoms with E-state index in [2.05, 4.69) is 0 Å². The third-order valence-corrected chi connectivity index (χ3v) is 4.79. The highest BCUT2D eigenvalue weighted by Crippen LogP contribution is 2.63. The summed E-state index contributed by atoms with van der Waals surface area (Å²) in [5.41, 5.74) is -0.133. The van der Waals surface area contributed by atoms with E-state index in [0.717, 1.165) is 25.7 Å². The Morgan fingerprint density at radius 3 is 2.67 bits per heavy atom. The van der Waals surface area contributed by atoms with Crippen molar-refractivity contribution in [2.45, 2.75) is 36.9 Å². The number of halogens is 2. The molecule has 2 aliphatic rings. The first-order valence-corrected chi connectivity index (χ1v) is 5.18. The monoisotopic (exact) mass is 206 g/mol. The van der Waals surface area contributed by atoms with Crippen molar-refractivity contribution in [1.82, 2.24) is 0 Å². The van der Waals surface area contributed by atoms with Crippen molar-refractivity contribution in [3.05, 3.63) is 0 Å². The molecule has 0 bridgehead atoms. The van der Waals surface area contributed by atoms with E-state index >= 15 is 0 Å². The molecule has 2 atom stereocenters. The number of fused-ring (bicyclic) bond motifs is 1. The van der Waals surface area contributed by atoms with Gasteiger partial charge < -0.3 is 0 Å². The van der Waals surface area contributed by atoms with Gasteiger partial charge in [-0.25, -0.2) is 0 Å². The van der Waals surface area contributed by atoms with Crippen LogP contribution in [0.4, 0.5) is 0 Å². The molecule has 2 aliphatic carbocycles. The van der Waals surface area contributed by atoms with Crippen LogP contribution in [0.5, 0.6) is 0 Å². The summed E-state index contributed by atoms with van der Waals surface area (Å²) < 4.78 is -1.09. The Hall–Kier alpha value is 0.250. The molecule has 1 unspecified atom stereocenters. The topological polar surface area (TPSA) is 17.1 Å². The highest BCUT2D eigenvalue weighted by Gasteiger charge is 2.68. The molecule has 2 saturated carbocycles. The van der Waals surface area contributed by atoms with E-state index in [0.29, 0.717) is 0 Å². The summed E-state index contributed by atoms with van der Waals surface area (Å²) in [5.74, 6) is 0.189. The lowest BCUT2D eigenvalue weighted by Gasteiger charge is -2.57. The van der Waals surface area contributed by atoms with Crippen LogP contribution in [0.25, 0.3) is 0 Å². The third kappa shape index (κ3) is 0.793. The lowest BCUT2D eigenvalue weighted by atomic mass is 9.53. The second-order valence-corrected chi connectivity index (χ2v) is 5.48. The highest BCUT2D eigenvalue weighted by atomic mass is 35.5. The first-order chi connectivity index (χ1) is 5.50. The molecule has 0 spiro atoms. The zero-order valence-electron chi connectivity index (χ0n) is 7.07. The molecule has 0 aromatic rings. The van der Waals surface area contributed by atoms with E-state index in [4.69, 9.17) is 23.2 Å². The Bertz CT molecular complexity index is 237. The summed E-state index contributed by atoms with van der Waals surface area (Å²) in [5, 5.41) is 0. The molecule has 0 aliphatic heterocycles. The predicted molar refractivity (Wildman–Crippen MR) is 49.5 cm³/mol. The van der Waals surface area contributed by atoms with Crippen molar-refractivity contribution in [2.24, 2.45) is 11.3 Å². The van der Waals surface area contributed by atoms with Crippen LogP contribution in [0, 0.1) is 11.3 Å². The van der Waals surface area contributed by atoms with E-state index in [-0.39, 0.29) is 17.1 Å². The van der Waals surface area contributed by atoms with Gasteiger partial charge in [0.2, 0.25) is 0 Å². The van der Waals surface area contributed by atoms with Crippen LogP contribution in [0.2, 0.25) is 0 Å². The van der Waals surface area contributed by atoms with Crippen molar-refractivity contribution in [3.63, 3.8) is 0 Å². The first kappa shape index (κ1) is 8.83. The van der Waals surface area contributed by atoms with Crippen LogP contribution in [0.3, 0.4) is 0 Å².